The number of hydrogen-bond acceptors (Lipinski definition) is 3. The Morgan fingerprint density at radius 2 is 1.83 bits per heavy atom. The Labute approximate surface area is 136 Å². The molecule has 23 heavy (non-hydrogen) atoms. The Bertz CT molecular complexity index is 802. The molecule has 0 aliphatic carbocycles. The van der Waals surface area contributed by atoms with E-state index in [2.05, 4.69) is 10.6 Å². The second-order valence-electron chi connectivity index (χ2n) is 4.56. The molecule has 0 aliphatic heterocycles. The Balaban J connectivity index is 1.96. The van der Waals surface area contributed by atoms with Crippen LogP contribution in [0.1, 0.15) is 12.0 Å². The van der Waals surface area contributed by atoms with Crippen LogP contribution in [0.4, 0.5) is 15.8 Å². The molecule has 2 aromatic carbocycles. The zero-order valence-electron chi connectivity index (χ0n) is 11.8. The van der Waals surface area contributed by atoms with E-state index in [-0.39, 0.29) is 10.7 Å². The first kappa shape index (κ1) is 16.5. The Morgan fingerprint density at radius 1 is 1.13 bits per heavy atom. The van der Waals surface area contributed by atoms with E-state index in [9.17, 15) is 14.0 Å². The predicted octanol–water partition coefficient (Wildman–Crippen LogP) is 3.32. The van der Waals surface area contributed by atoms with Gasteiger partial charge in [0.1, 0.15) is 18.3 Å². The van der Waals surface area contributed by atoms with Crippen LogP contribution in [0.5, 0.6) is 0 Å². The van der Waals surface area contributed by atoms with Crippen molar-refractivity contribution < 1.29 is 14.0 Å². The minimum absolute atomic E-state index is 0.129. The van der Waals surface area contributed by atoms with E-state index in [4.69, 9.17) is 16.9 Å². The maximum absolute atomic E-state index is 13.0. The van der Waals surface area contributed by atoms with Gasteiger partial charge in [0.25, 0.3) is 0 Å². The number of benzene rings is 2. The number of anilines is 2. The van der Waals surface area contributed by atoms with Crippen molar-refractivity contribution in [3.63, 3.8) is 0 Å². The molecule has 2 amide bonds. The summed E-state index contributed by atoms with van der Waals surface area (Å²) in [5.41, 5.74) is 0.913. The van der Waals surface area contributed by atoms with E-state index < -0.39 is 24.1 Å². The van der Waals surface area contributed by atoms with Gasteiger partial charge >= 0.3 is 0 Å². The molecule has 0 bridgehead atoms. The number of nitrogens with zero attached hydrogens (tertiary/aromatic N) is 1. The first-order chi connectivity index (χ1) is 11.0. The molecule has 7 heteroatoms. The van der Waals surface area contributed by atoms with Crippen molar-refractivity contribution in [2.45, 2.75) is 6.42 Å². The van der Waals surface area contributed by atoms with Crippen LogP contribution in [0.25, 0.3) is 0 Å². The quantitative estimate of drug-likeness (QED) is 0.843. The number of nitrogens with one attached hydrogen (secondary N) is 2. The molecule has 0 heterocycles. The maximum atomic E-state index is 13.0. The molecule has 0 saturated carbocycles. The van der Waals surface area contributed by atoms with Crippen molar-refractivity contribution in [1.82, 2.24) is 0 Å². The summed E-state index contributed by atoms with van der Waals surface area (Å²) in [6.45, 7) is 0. The molecular formula is C16H11ClFN3O2. The summed E-state index contributed by atoms with van der Waals surface area (Å²) in [5, 5.41) is 13.7. The summed E-state index contributed by atoms with van der Waals surface area (Å²) in [4.78, 5) is 23.6. The second kappa shape index (κ2) is 7.38. The first-order valence-corrected chi connectivity index (χ1v) is 6.91. The Kier molecular flexibility index (Phi) is 5.28. The van der Waals surface area contributed by atoms with E-state index in [1.807, 2.05) is 6.07 Å². The van der Waals surface area contributed by atoms with Crippen LogP contribution < -0.4 is 10.6 Å². The minimum atomic E-state index is -0.601. The average molecular weight is 332 g/mol. The number of carbonyl (C=O) groups excluding carboxylic acids is 2. The van der Waals surface area contributed by atoms with Gasteiger partial charge in [-0.15, -0.1) is 0 Å². The van der Waals surface area contributed by atoms with Gasteiger partial charge in [-0.3, -0.25) is 9.59 Å². The lowest BCUT2D eigenvalue weighted by atomic mass is 10.2. The molecular weight excluding hydrogens is 321 g/mol. The van der Waals surface area contributed by atoms with Crippen molar-refractivity contribution in [2.24, 2.45) is 0 Å². The molecule has 0 atom stereocenters. The molecule has 2 N–H and O–H groups in total. The third kappa shape index (κ3) is 4.53. The van der Waals surface area contributed by atoms with Gasteiger partial charge in [0.05, 0.1) is 16.3 Å². The average Bonchev–Trinajstić information content (AvgIpc) is 2.51. The smallest absolute Gasteiger partial charge is 0.233 e. The molecule has 5 nitrogen and oxygen atoms in total. The molecule has 0 aromatic heterocycles. The number of amides is 2. The topological polar surface area (TPSA) is 82.0 Å². The van der Waals surface area contributed by atoms with Gasteiger partial charge in [0.15, 0.2) is 0 Å². The third-order valence-corrected chi connectivity index (χ3v) is 3.14. The molecule has 2 rings (SSSR count). The molecule has 0 fully saturated rings. The van der Waals surface area contributed by atoms with Crippen molar-refractivity contribution >= 4 is 34.8 Å². The molecule has 0 saturated heterocycles. The van der Waals surface area contributed by atoms with Crippen LogP contribution in [0.15, 0.2) is 42.5 Å². The van der Waals surface area contributed by atoms with Gasteiger partial charge in [0, 0.05) is 5.69 Å². The highest BCUT2D eigenvalue weighted by Gasteiger charge is 2.12. The monoisotopic (exact) mass is 331 g/mol. The number of nitriles is 1. The third-order valence-electron chi connectivity index (χ3n) is 2.85. The fourth-order valence-electron chi connectivity index (χ4n) is 1.81. The SMILES string of the molecule is N#Cc1ccccc1NC(=O)CC(=O)Nc1ccc(F)c(Cl)c1. The van der Waals surface area contributed by atoms with Crippen molar-refractivity contribution in [3.05, 3.63) is 58.9 Å². The van der Waals surface area contributed by atoms with E-state index >= 15 is 0 Å². The molecule has 0 unspecified atom stereocenters. The number of rotatable bonds is 4. The van der Waals surface area contributed by atoms with Gasteiger partial charge in [0.2, 0.25) is 11.8 Å². The standard InChI is InChI=1S/C16H11ClFN3O2/c17-12-7-11(5-6-13(12)18)20-15(22)8-16(23)21-14-4-2-1-3-10(14)9-19/h1-7H,8H2,(H,20,22)(H,21,23). The van der Waals surface area contributed by atoms with Crippen LogP contribution in [0, 0.1) is 17.1 Å². The molecule has 116 valence electrons. The van der Waals surface area contributed by atoms with Gasteiger partial charge in [-0.05, 0) is 30.3 Å². The Hall–Kier alpha value is -2.91. The number of hydrogen-bond donors (Lipinski definition) is 2. The summed E-state index contributed by atoms with van der Waals surface area (Å²) in [6, 6.07) is 12.1. The van der Waals surface area contributed by atoms with Crippen LogP contribution in [0.2, 0.25) is 5.02 Å². The first-order valence-electron chi connectivity index (χ1n) is 6.53. The summed E-state index contributed by atoms with van der Waals surface area (Å²) < 4.78 is 13.0. The fourth-order valence-corrected chi connectivity index (χ4v) is 1.99. The highest BCUT2D eigenvalue weighted by atomic mass is 35.5. The van der Waals surface area contributed by atoms with Crippen LogP contribution >= 0.6 is 11.6 Å². The summed E-state index contributed by atoms with van der Waals surface area (Å²) in [6.07, 6.45) is -0.450. The molecule has 2 aromatic rings. The van der Waals surface area contributed by atoms with Crippen molar-refractivity contribution in [3.8, 4) is 6.07 Å². The van der Waals surface area contributed by atoms with Crippen LogP contribution in [-0.4, -0.2) is 11.8 Å². The van der Waals surface area contributed by atoms with E-state index in [0.29, 0.717) is 11.3 Å². The van der Waals surface area contributed by atoms with Gasteiger partial charge < -0.3 is 10.6 Å². The number of halogens is 2. The lowest BCUT2D eigenvalue weighted by Gasteiger charge is -2.08. The normalized spacial score (nSPS) is 9.78. The predicted molar refractivity (Wildman–Crippen MR) is 84.4 cm³/mol. The van der Waals surface area contributed by atoms with Gasteiger partial charge in [-0.25, -0.2) is 4.39 Å². The minimum Gasteiger partial charge on any atom is -0.326 e. The largest absolute Gasteiger partial charge is 0.326 e. The Morgan fingerprint density at radius 3 is 2.52 bits per heavy atom. The highest BCUT2D eigenvalue weighted by Crippen LogP contribution is 2.19. The fraction of sp³-hybridized carbons (Fsp3) is 0.0625. The van der Waals surface area contributed by atoms with E-state index in [1.165, 1.54) is 12.1 Å². The summed E-state index contributed by atoms with van der Waals surface area (Å²) in [7, 11) is 0. The zero-order valence-corrected chi connectivity index (χ0v) is 12.5. The molecule has 0 aliphatic rings. The van der Waals surface area contributed by atoms with E-state index in [0.717, 1.165) is 6.07 Å². The number of carbonyl (C=O) groups is 2. The van der Waals surface area contributed by atoms with E-state index in [1.54, 1.807) is 24.3 Å². The molecule has 0 radical (unpaired) electrons. The maximum Gasteiger partial charge on any atom is 0.233 e. The van der Waals surface area contributed by atoms with Crippen molar-refractivity contribution in [1.29, 1.82) is 5.26 Å². The summed E-state index contributed by atoms with van der Waals surface area (Å²) >= 11 is 5.61. The number of para-hydroxylation sites is 1. The van der Waals surface area contributed by atoms with Crippen molar-refractivity contribution in [2.75, 3.05) is 10.6 Å². The highest BCUT2D eigenvalue weighted by molar-refractivity contribution is 6.31. The zero-order chi connectivity index (χ0) is 16.8. The van der Waals surface area contributed by atoms with Crippen LogP contribution in [-0.2, 0) is 9.59 Å². The lowest BCUT2D eigenvalue weighted by Crippen LogP contribution is -2.21. The summed E-state index contributed by atoms with van der Waals surface area (Å²) in [5.74, 6) is -1.76. The lowest BCUT2D eigenvalue weighted by molar-refractivity contribution is -0.123. The second-order valence-corrected chi connectivity index (χ2v) is 4.97. The van der Waals surface area contributed by atoms with Crippen LogP contribution in [0.3, 0.4) is 0 Å². The van der Waals surface area contributed by atoms with Gasteiger partial charge in [-0.2, -0.15) is 5.26 Å². The van der Waals surface area contributed by atoms with Gasteiger partial charge in [-0.1, -0.05) is 23.7 Å². The molecule has 0 spiro atoms.